The molecule has 0 spiro atoms. The number of aliphatic carboxylic acids is 1. The number of carbonyl (C=O) groups is 2. The van der Waals surface area contributed by atoms with Gasteiger partial charge in [0.25, 0.3) is 0 Å². The second kappa shape index (κ2) is 5.16. The van der Waals surface area contributed by atoms with Crippen molar-refractivity contribution in [3.05, 3.63) is 35.6 Å². The van der Waals surface area contributed by atoms with Gasteiger partial charge in [-0.3, -0.25) is 4.79 Å². The molecule has 1 aliphatic rings. The fourth-order valence-corrected chi connectivity index (χ4v) is 2.25. The molecule has 1 aromatic rings. The third-order valence-corrected chi connectivity index (χ3v) is 3.10. The molecule has 1 fully saturated rings. The molecule has 0 unspecified atom stereocenters. The Morgan fingerprint density at radius 3 is 2.89 bits per heavy atom. The van der Waals surface area contributed by atoms with E-state index in [0.717, 1.165) is 0 Å². The van der Waals surface area contributed by atoms with Gasteiger partial charge < -0.3 is 10.0 Å². The van der Waals surface area contributed by atoms with Crippen LogP contribution in [0.15, 0.2) is 24.3 Å². The number of hydrogen-bond donors (Lipinski definition) is 1. The fourth-order valence-electron chi connectivity index (χ4n) is 2.25. The highest BCUT2D eigenvalue weighted by Crippen LogP contribution is 2.19. The summed E-state index contributed by atoms with van der Waals surface area (Å²) in [7, 11) is 0. The Kier molecular flexibility index (Phi) is 3.60. The van der Waals surface area contributed by atoms with Crippen LogP contribution in [0.5, 0.6) is 0 Å². The van der Waals surface area contributed by atoms with Crippen molar-refractivity contribution in [2.45, 2.75) is 25.3 Å². The number of carbonyl (C=O) groups excluding carboxylic acids is 1. The molecule has 0 radical (unpaired) electrons. The van der Waals surface area contributed by atoms with Crippen molar-refractivity contribution in [2.75, 3.05) is 6.54 Å². The van der Waals surface area contributed by atoms with Crippen LogP contribution in [0.2, 0.25) is 0 Å². The number of nitrogens with zero attached hydrogens (tertiary/aromatic N) is 1. The number of hydrogen-bond acceptors (Lipinski definition) is 2. The molecule has 1 atom stereocenters. The van der Waals surface area contributed by atoms with Gasteiger partial charge in [-0.1, -0.05) is 12.1 Å². The van der Waals surface area contributed by atoms with Gasteiger partial charge in [0.2, 0.25) is 5.91 Å². The highest BCUT2D eigenvalue weighted by Gasteiger charge is 2.33. The van der Waals surface area contributed by atoms with Crippen LogP contribution in [-0.2, 0) is 16.0 Å². The molecule has 18 heavy (non-hydrogen) atoms. The molecule has 0 aromatic heterocycles. The maximum Gasteiger partial charge on any atom is 0.326 e. The van der Waals surface area contributed by atoms with Crippen molar-refractivity contribution < 1.29 is 19.1 Å². The van der Waals surface area contributed by atoms with E-state index in [1.807, 2.05) is 0 Å². The number of carboxylic acid groups (broad SMARTS) is 1. The maximum absolute atomic E-state index is 13.0. The van der Waals surface area contributed by atoms with Gasteiger partial charge in [-0.05, 0) is 30.5 Å². The summed E-state index contributed by atoms with van der Waals surface area (Å²) in [6.07, 6.45) is 1.23. The van der Waals surface area contributed by atoms with Gasteiger partial charge in [0.05, 0.1) is 6.42 Å². The Morgan fingerprint density at radius 1 is 1.44 bits per heavy atom. The molecular weight excluding hydrogens is 237 g/mol. The summed E-state index contributed by atoms with van der Waals surface area (Å²) >= 11 is 0. The number of carboxylic acids is 1. The lowest BCUT2D eigenvalue weighted by atomic mass is 10.1. The number of benzene rings is 1. The summed E-state index contributed by atoms with van der Waals surface area (Å²) in [6, 6.07) is 5.07. The van der Waals surface area contributed by atoms with Crippen LogP contribution >= 0.6 is 0 Å². The average Bonchev–Trinajstić information content (AvgIpc) is 2.77. The average molecular weight is 251 g/mol. The van der Waals surface area contributed by atoms with E-state index in [9.17, 15) is 14.0 Å². The van der Waals surface area contributed by atoms with Gasteiger partial charge in [0, 0.05) is 6.54 Å². The third-order valence-electron chi connectivity index (χ3n) is 3.10. The summed E-state index contributed by atoms with van der Waals surface area (Å²) in [5.41, 5.74) is 0.566. The Morgan fingerprint density at radius 2 is 2.22 bits per heavy atom. The Labute approximate surface area is 104 Å². The minimum atomic E-state index is -0.972. The molecule has 1 saturated heterocycles. The van der Waals surface area contributed by atoms with Gasteiger partial charge in [0.1, 0.15) is 11.9 Å². The van der Waals surface area contributed by atoms with E-state index in [4.69, 9.17) is 5.11 Å². The minimum Gasteiger partial charge on any atom is -0.480 e. The second-order valence-electron chi connectivity index (χ2n) is 4.39. The summed E-state index contributed by atoms with van der Waals surface area (Å²) in [6.45, 7) is 0.463. The SMILES string of the molecule is O=C(O)[C@H]1CCCN1C(=O)Cc1cccc(F)c1. The molecule has 1 heterocycles. The van der Waals surface area contributed by atoms with Crippen molar-refractivity contribution in [3.8, 4) is 0 Å². The fraction of sp³-hybridized carbons (Fsp3) is 0.385. The van der Waals surface area contributed by atoms with Crippen molar-refractivity contribution in [3.63, 3.8) is 0 Å². The second-order valence-corrected chi connectivity index (χ2v) is 4.39. The lowest BCUT2D eigenvalue weighted by molar-refractivity contribution is -0.148. The predicted molar refractivity (Wildman–Crippen MR) is 62.5 cm³/mol. The number of halogens is 1. The molecule has 2 rings (SSSR count). The number of rotatable bonds is 3. The lowest BCUT2D eigenvalue weighted by Gasteiger charge is -2.21. The molecule has 0 bridgehead atoms. The predicted octanol–water partition coefficient (Wildman–Crippen LogP) is 1.44. The quantitative estimate of drug-likeness (QED) is 0.884. The summed E-state index contributed by atoms with van der Waals surface area (Å²) in [5, 5.41) is 8.99. The smallest absolute Gasteiger partial charge is 0.326 e. The topological polar surface area (TPSA) is 57.6 Å². The van der Waals surface area contributed by atoms with Crippen LogP contribution in [0.4, 0.5) is 4.39 Å². The summed E-state index contributed by atoms with van der Waals surface area (Å²) < 4.78 is 13.0. The molecule has 1 amide bonds. The third kappa shape index (κ3) is 2.67. The van der Waals surface area contributed by atoms with Gasteiger partial charge in [0.15, 0.2) is 0 Å². The van der Waals surface area contributed by atoms with E-state index in [-0.39, 0.29) is 12.3 Å². The molecular formula is C13H14FNO3. The lowest BCUT2D eigenvalue weighted by Crippen LogP contribution is -2.41. The van der Waals surface area contributed by atoms with Gasteiger partial charge in [-0.2, -0.15) is 0 Å². The van der Waals surface area contributed by atoms with Gasteiger partial charge >= 0.3 is 5.97 Å². The largest absolute Gasteiger partial charge is 0.480 e. The van der Waals surface area contributed by atoms with Crippen LogP contribution in [-0.4, -0.2) is 34.5 Å². The first kappa shape index (κ1) is 12.5. The zero-order chi connectivity index (χ0) is 13.1. The van der Waals surface area contributed by atoms with Crippen LogP contribution in [0.3, 0.4) is 0 Å². The van der Waals surface area contributed by atoms with E-state index in [1.54, 1.807) is 6.07 Å². The van der Waals surface area contributed by atoms with Crippen LogP contribution in [0.1, 0.15) is 18.4 Å². The Hall–Kier alpha value is -1.91. The van der Waals surface area contributed by atoms with Crippen molar-refractivity contribution in [1.82, 2.24) is 4.90 Å². The van der Waals surface area contributed by atoms with Crippen molar-refractivity contribution in [2.24, 2.45) is 0 Å². The van der Waals surface area contributed by atoms with Crippen molar-refractivity contribution >= 4 is 11.9 Å². The first-order chi connectivity index (χ1) is 8.58. The standard InChI is InChI=1S/C13H14FNO3/c14-10-4-1-3-9(7-10)8-12(16)15-6-2-5-11(15)13(17)18/h1,3-4,7,11H,2,5-6,8H2,(H,17,18)/t11-/m1/s1. The van der Waals surface area contributed by atoms with Gasteiger partial charge in [-0.15, -0.1) is 0 Å². The van der Waals surface area contributed by atoms with Gasteiger partial charge in [-0.25, -0.2) is 9.18 Å². The summed E-state index contributed by atoms with van der Waals surface area (Å²) in [4.78, 5) is 24.3. The maximum atomic E-state index is 13.0. The molecule has 1 aromatic carbocycles. The molecule has 0 saturated carbocycles. The van der Waals surface area contributed by atoms with Crippen LogP contribution < -0.4 is 0 Å². The first-order valence-corrected chi connectivity index (χ1v) is 5.84. The van der Waals surface area contributed by atoms with Crippen LogP contribution in [0, 0.1) is 5.82 Å². The Bertz CT molecular complexity index is 475. The van der Waals surface area contributed by atoms with E-state index in [0.29, 0.717) is 24.9 Å². The molecule has 0 aliphatic carbocycles. The summed E-state index contributed by atoms with van der Waals surface area (Å²) in [5.74, 6) is -1.62. The van der Waals surface area contributed by atoms with Crippen molar-refractivity contribution in [1.29, 1.82) is 0 Å². The van der Waals surface area contributed by atoms with Crippen LogP contribution in [0.25, 0.3) is 0 Å². The highest BCUT2D eigenvalue weighted by molar-refractivity contribution is 5.85. The first-order valence-electron chi connectivity index (χ1n) is 5.84. The molecule has 1 aliphatic heterocycles. The van der Waals surface area contributed by atoms with E-state index >= 15 is 0 Å². The molecule has 1 N–H and O–H groups in total. The molecule has 96 valence electrons. The van der Waals surface area contributed by atoms with E-state index in [2.05, 4.69) is 0 Å². The zero-order valence-corrected chi connectivity index (χ0v) is 9.80. The minimum absolute atomic E-state index is 0.0432. The number of likely N-dealkylation sites (tertiary alicyclic amines) is 1. The zero-order valence-electron chi connectivity index (χ0n) is 9.80. The van der Waals surface area contributed by atoms with E-state index < -0.39 is 17.8 Å². The van der Waals surface area contributed by atoms with E-state index in [1.165, 1.54) is 23.1 Å². The molecule has 5 heteroatoms. The number of amides is 1. The highest BCUT2D eigenvalue weighted by atomic mass is 19.1. The monoisotopic (exact) mass is 251 g/mol. The Balaban J connectivity index is 2.06. The molecule has 4 nitrogen and oxygen atoms in total. The normalized spacial score (nSPS) is 18.9.